The van der Waals surface area contributed by atoms with E-state index in [1.54, 1.807) is 7.11 Å². The Morgan fingerprint density at radius 3 is 2.55 bits per heavy atom. The average molecular weight is 272 g/mol. The first-order chi connectivity index (χ1) is 9.78. The van der Waals surface area contributed by atoms with Crippen molar-refractivity contribution < 1.29 is 4.74 Å². The summed E-state index contributed by atoms with van der Waals surface area (Å²) >= 11 is 0. The van der Waals surface area contributed by atoms with E-state index in [0.29, 0.717) is 0 Å². The van der Waals surface area contributed by atoms with Crippen LogP contribution in [0.4, 0.5) is 5.69 Å². The van der Waals surface area contributed by atoms with Crippen LogP contribution in [0.25, 0.3) is 0 Å². The predicted molar refractivity (Wildman–Crippen MR) is 85.5 cm³/mol. The zero-order chi connectivity index (χ0) is 14.4. The van der Waals surface area contributed by atoms with Crippen molar-refractivity contribution in [2.75, 3.05) is 25.1 Å². The fraction of sp³-hybridized carbons (Fsp3) is 0.412. The van der Waals surface area contributed by atoms with Gasteiger partial charge in [-0.15, -0.1) is 13.2 Å². The van der Waals surface area contributed by atoms with Crippen molar-refractivity contribution in [1.29, 1.82) is 0 Å². The van der Waals surface area contributed by atoms with Crippen LogP contribution in [-0.4, -0.2) is 26.2 Å². The van der Waals surface area contributed by atoms with E-state index in [1.165, 1.54) is 18.4 Å². The van der Waals surface area contributed by atoms with Crippen LogP contribution >= 0.6 is 0 Å². The van der Waals surface area contributed by atoms with Gasteiger partial charge in [-0.1, -0.05) is 18.2 Å². The standard InChI is InChI=1S/C17H24N2O/c1-4-10-19(11-5-2)16-9-6-14(12-17(16)20-3)13-18-15-7-8-15/h4-6,9,12,15,18H,1-2,7-8,10-11,13H2,3H3. The maximum Gasteiger partial charge on any atom is 0.142 e. The number of benzene rings is 1. The molecule has 1 aliphatic rings. The summed E-state index contributed by atoms with van der Waals surface area (Å²) in [4.78, 5) is 2.19. The molecule has 0 bridgehead atoms. The minimum Gasteiger partial charge on any atom is -0.495 e. The van der Waals surface area contributed by atoms with E-state index < -0.39 is 0 Å². The second kappa shape index (κ2) is 7.15. The molecule has 1 N–H and O–H groups in total. The van der Waals surface area contributed by atoms with E-state index in [0.717, 1.165) is 37.1 Å². The van der Waals surface area contributed by atoms with Gasteiger partial charge in [0.25, 0.3) is 0 Å². The third kappa shape index (κ3) is 3.87. The second-order valence-electron chi connectivity index (χ2n) is 5.14. The molecule has 1 aromatic carbocycles. The highest BCUT2D eigenvalue weighted by molar-refractivity contribution is 5.60. The molecule has 0 atom stereocenters. The van der Waals surface area contributed by atoms with Crippen molar-refractivity contribution in [3.63, 3.8) is 0 Å². The number of methoxy groups -OCH3 is 1. The first kappa shape index (κ1) is 14.7. The Hall–Kier alpha value is -1.74. The number of hydrogen-bond acceptors (Lipinski definition) is 3. The Kier molecular flexibility index (Phi) is 5.24. The third-order valence-electron chi connectivity index (χ3n) is 3.46. The summed E-state index contributed by atoms with van der Waals surface area (Å²) in [5, 5.41) is 3.52. The maximum atomic E-state index is 5.54. The van der Waals surface area contributed by atoms with Gasteiger partial charge in [-0.05, 0) is 30.5 Å². The van der Waals surface area contributed by atoms with Crippen molar-refractivity contribution in [2.24, 2.45) is 0 Å². The summed E-state index contributed by atoms with van der Waals surface area (Å²) in [6.45, 7) is 10.1. The van der Waals surface area contributed by atoms with E-state index in [1.807, 2.05) is 12.2 Å². The molecule has 1 saturated carbocycles. The molecule has 0 amide bonds. The SMILES string of the molecule is C=CCN(CC=C)c1ccc(CNC2CC2)cc1OC. The molecule has 20 heavy (non-hydrogen) atoms. The molecule has 0 unspecified atom stereocenters. The normalized spacial score (nSPS) is 13.8. The Labute approximate surface area is 121 Å². The van der Waals surface area contributed by atoms with Crippen LogP contribution in [-0.2, 0) is 6.54 Å². The minimum absolute atomic E-state index is 0.721. The van der Waals surface area contributed by atoms with Gasteiger partial charge < -0.3 is 15.0 Å². The molecule has 1 aliphatic carbocycles. The molecule has 3 nitrogen and oxygen atoms in total. The molecular weight excluding hydrogens is 248 g/mol. The molecule has 1 fully saturated rings. The average Bonchev–Trinajstić information content (AvgIpc) is 3.29. The van der Waals surface area contributed by atoms with E-state index in [2.05, 4.69) is 41.6 Å². The number of hydrogen-bond donors (Lipinski definition) is 1. The van der Waals surface area contributed by atoms with Crippen LogP contribution in [0.3, 0.4) is 0 Å². The fourth-order valence-corrected chi connectivity index (χ4v) is 2.23. The Balaban J connectivity index is 2.13. The summed E-state index contributed by atoms with van der Waals surface area (Å²) in [5.74, 6) is 0.906. The lowest BCUT2D eigenvalue weighted by atomic mass is 10.1. The molecule has 0 heterocycles. The summed E-state index contributed by atoms with van der Waals surface area (Å²) in [6, 6.07) is 7.12. The number of nitrogens with zero attached hydrogens (tertiary/aromatic N) is 1. The van der Waals surface area contributed by atoms with Gasteiger partial charge in [0.15, 0.2) is 0 Å². The van der Waals surface area contributed by atoms with Crippen molar-refractivity contribution in [3.8, 4) is 5.75 Å². The zero-order valence-electron chi connectivity index (χ0n) is 12.3. The summed E-state index contributed by atoms with van der Waals surface area (Å²) in [7, 11) is 1.72. The van der Waals surface area contributed by atoms with Gasteiger partial charge in [0.05, 0.1) is 12.8 Å². The molecule has 0 spiro atoms. The Bertz CT molecular complexity index is 456. The molecule has 1 aromatic rings. The highest BCUT2D eigenvalue weighted by Gasteiger charge is 2.20. The van der Waals surface area contributed by atoms with Crippen LogP contribution in [0.2, 0.25) is 0 Å². The van der Waals surface area contributed by atoms with E-state index >= 15 is 0 Å². The summed E-state index contributed by atoms with van der Waals surface area (Å²) < 4.78 is 5.54. The highest BCUT2D eigenvalue weighted by Crippen LogP contribution is 2.30. The second-order valence-corrected chi connectivity index (χ2v) is 5.14. The Morgan fingerprint density at radius 1 is 1.30 bits per heavy atom. The molecular formula is C17H24N2O. The number of rotatable bonds is 9. The van der Waals surface area contributed by atoms with E-state index in [9.17, 15) is 0 Å². The molecule has 0 radical (unpaired) electrons. The van der Waals surface area contributed by atoms with E-state index in [4.69, 9.17) is 4.74 Å². The number of anilines is 1. The van der Waals surface area contributed by atoms with Gasteiger partial charge in [0.2, 0.25) is 0 Å². The van der Waals surface area contributed by atoms with Crippen LogP contribution in [0, 0.1) is 0 Å². The van der Waals surface area contributed by atoms with Crippen LogP contribution in [0.5, 0.6) is 5.75 Å². The zero-order valence-corrected chi connectivity index (χ0v) is 12.3. The number of nitrogens with one attached hydrogen (secondary N) is 1. The smallest absolute Gasteiger partial charge is 0.142 e. The fourth-order valence-electron chi connectivity index (χ4n) is 2.23. The van der Waals surface area contributed by atoms with Crippen LogP contribution in [0.15, 0.2) is 43.5 Å². The molecule has 0 aliphatic heterocycles. The van der Waals surface area contributed by atoms with Crippen LogP contribution < -0.4 is 15.0 Å². The molecule has 0 aromatic heterocycles. The molecule has 2 rings (SSSR count). The van der Waals surface area contributed by atoms with Crippen molar-refractivity contribution >= 4 is 5.69 Å². The molecule has 0 saturated heterocycles. The van der Waals surface area contributed by atoms with Crippen LogP contribution in [0.1, 0.15) is 18.4 Å². The monoisotopic (exact) mass is 272 g/mol. The Morgan fingerprint density at radius 2 is 2.00 bits per heavy atom. The van der Waals surface area contributed by atoms with E-state index in [-0.39, 0.29) is 0 Å². The van der Waals surface area contributed by atoms with Crippen molar-refractivity contribution in [2.45, 2.75) is 25.4 Å². The first-order valence-electron chi connectivity index (χ1n) is 7.15. The summed E-state index contributed by atoms with van der Waals surface area (Å²) in [5.41, 5.74) is 2.34. The predicted octanol–water partition coefficient (Wildman–Crippen LogP) is 3.13. The lowest BCUT2D eigenvalue weighted by Gasteiger charge is -2.24. The third-order valence-corrected chi connectivity index (χ3v) is 3.46. The van der Waals surface area contributed by atoms with Gasteiger partial charge in [-0.2, -0.15) is 0 Å². The summed E-state index contributed by atoms with van der Waals surface area (Å²) in [6.07, 6.45) is 6.40. The van der Waals surface area contributed by atoms with Crippen molar-refractivity contribution in [3.05, 3.63) is 49.1 Å². The molecule has 108 valence electrons. The van der Waals surface area contributed by atoms with Gasteiger partial charge in [-0.25, -0.2) is 0 Å². The topological polar surface area (TPSA) is 24.5 Å². The van der Waals surface area contributed by atoms with Gasteiger partial charge in [0, 0.05) is 25.7 Å². The maximum absolute atomic E-state index is 5.54. The largest absolute Gasteiger partial charge is 0.495 e. The van der Waals surface area contributed by atoms with Gasteiger partial charge in [0.1, 0.15) is 5.75 Å². The first-order valence-corrected chi connectivity index (χ1v) is 7.15. The highest BCUT2D eigenvalue weighted by atomic mass is 16.5. The molecule has 3 heteroatoms. The minimum atomic E-state index is 0.721. The number of ether oxygens (including phenoxy) is 1. The van der Waals surface area contributed by atoms with Gasteiger partial charge >= 0.3 is 0 Å². The lowest BCUT2D eigenvalue weighted by Crippen LogP contribution is -2.24. The van der Waals surface area contributed by atoms with Gasteiger partial charge in [-0.3, -0.25) is 0 Å². The quantitative estimate of drug-likeness (QED) is 0.699. The lowest BCUT2D eigenvalue weighted by molar-refractivity contribution is 0.414. The van der Waals surface area contributed by atoms with Crippen molar-refractivity contribution in [1.82, 2.24) is 5.32 Å².